The van der Waals surface area contributed by atoms with Crippen LogP contribution in [-0.2, 0) is 20.1 Å². The van der Waals surface area contributed by atoms with Crippen molar-refractivity contribution < 1.29 is 0 Å². The number of hydrogen-bond donors (Lipinski definition) is 1. The summed E-state index contributed by atoms with van der Waals surface area (Å²) in [5.74, 6) is 1.15. The summed E-state index contributed by atoms with van der Waals surface area (Å²) in [6, 6.07) is 0.355. The van der Waals surface area contributed by atoms with Crippen LogP contribution in [0.15, 0.2) is 29.6 Å². The van der Waals surface area contributed by atoms with Crippen molar-refractivity contribution in [3.05, 3.63) is 40.7 Å². The van der Waals surface area contributed by atoms with Gasteiger partial charge in [0.15, 0.2) is 5.82 Å². The van der Waals surface area contributed by atoms with Crippen LogP contribution in [0.1, 0.15) is 32.3 Å². The normalized spacial score (nSPS) is 18.1. The van der Waals surface area contributed by atoms with Crippen molar-refractivity contribution in [3.63, 3.8) is 0 Å². The van der Waals surface area contributed by atoms with E-state index in [1.54, 1.807) is 24.0 Å². The highest BCUT2D eigenvalue weighted by molar-refractivity contribution is 5.36. The van der Waals surface area contributed by atoms with Gasteiger partial charge in [-0.2, -0.15) is 5.10 Å². The van der Waals surface area contributed by atoms with Crippen LogP contribution in [0.5, 0.6) is 0 Å². The SMILES string of the molecule is CC(C)Cn1cc(CN[C@H]2CCCN(c3nccn(C)c3=O)C2)cn1. The summed E-state index contributed by atoms with van der Waals surface area (Å²) in [4.78, 5) is 18.7. The summed E-state index contributed by atoms with van der Waals surface area (Å²) < 4.78 is 3.59. The molecule has 7 nitrogen and oxygen atoms in total. The summed E-state index contributed by atoms with van der Waals surface area (Å²) >= 11 is 0. The first kappa shape index (κ1) is 17.7. The molecule has 0 radical (unpaired) electrons. The average molecular weight is 344 g/mol. The maximum absolute atomic E-state index is 12.3. The van der Waals surface area contributed by atoms with Gasteiger partial charge in [0.2, 0.25) is 0 Å². The van der Waals surface area contributed by atoms with Crippen molar-refractivity contribution in [2.75, 3.05) is 18.0 Å². The molecule has 3 rings (SSSR count). The lowest BCUT2D eigenvalue weighted by Crippen LogP contribution is -2.47. The summed E-state index contributed by atoms with van der Waals surface area (Å²) in [6.45, 7) is 7.83. The van der Waals surface area contributed by atoms with Crippen LogP contribution in [0.4, 0.5) is 5.82 Å². The second kappa shape index (κ2) is 7.82. The number of rotatable bonds is 6. The van der Waals surface area contributed by atoms with Gasteiger partial charge >= 0.3 is 0 Å². The molecular weight excluding hydrogens is 316 g/mol. The number of nitrogens with one attached hydrogen (secondary N) is 1. The molecule has 2 aromatic rings. The summed E-state index contributed by atoms with van der Waals surface area (Å²) in [7, 11) is 1.77. The smallest absolute Gasteiger partial charge is 0.293 e. The molecule has 0 saturated carbocycles. The van der Waals surface area contributed by atoms with Crippen LogP contribution >= 0.6 is 0 Å². The topological polar surface area (TPSA) is 68.0 Å². The Morgan fingerprint density at radius 2 is 2.24 bits per heavy atom. The first-order valence-corrected chi connectivity index (χ1v) is 9.04. The van der Waals surface area contributed by atoms with Crippen molar-refractivity contribution in [2.45, 2.75) is 45.8 Å². The van der Waals surface area contributed by atoms with E-state index < -0.39 is 0 Å². The third kappa shape index (κ3) is 4.48. The van der Waals surface area contributed by atoms with E-state index >= 15 is 0 Å². The monoisotopic (exact) mass is 344 g/mol. The Hall–Kier alpha value is -2.15. The fraction of sp³-hybridized carbons (Fsp3) is 0.611. The highest BCUT2D eigenvalue weighted by atomic mass is 16.1. The van der Waals surface area contributed by atoms with E-state index in [9.17, 15) is 4.79 Å². The molecule has 136 valence electrons. The molecular formula is C18H28N6O. The maximum atomic E-state index is 12.3. The highest BCUT2D eigenvalue weighted by Crippen LogP contribution is 2.15. The molecule has 0 amide bonds. The Morgan fingerprint density at radius 1 is 1.40 bits per heavy atom. The summed E-state index contributed by atoms with van der Waals surface area (Å²) in [5.41, 5.74) is 1.17. The van der Waals surface area contributed by atoms with Gasteiger partial charge in [0.25, 0.3) is 5.56 Å². The van der Waals surface area contributed by atoms with Gasteiger partial charge < -0.3 is 14.8 Å². The Morgan fingerprint density at radius 3 is 3.04 bits per heavy atom. The third-order valence-electron chi connectivity index (χ3n) is 4.55. The van der Waals surface area contributed by atoms with E-state index in [4.69, 9.17) is 0 Å². The molecule has 1 saturated heterocycles. The predicted molar refractivity (Wildman–Crippen MR) is 98.6 cm³/mol. The van der Waals surface area contributed by atoms with Crippen LogP contribution in [0.25, 0.3) is 0 Å². The molecule has 25 heavy (non-hydrogen) atoms. The lowest BCUT2D eigenvalue weighted by atomic mass is 10.1. The second-order valence-corrected chi connectivity index (χ2v) is 7.30. The first-order valence-electron chi connectivity index (χ1n) is 9.04. The lowest BCUT2D eigenvalue weighted by molar-refractivity contribution is 0.418. The molecule has 0 aliphatic carbocycles. The number of anilines is 1. The number of piperidine rings is 1. The zero-order chi connectivity index (χ0) is 17.8. The van der Waals surface area contributed by atoms with Gasteiger partial charge in [0.05, 0.1) is 6.20 Å². The second-order valence-electron chi connectivity index (χ2n) is 7.30. The van der Waals surface area contributed by atoms with Crippen molar-refractivity contribution in [1.29, 1.82) is 0 Å². The van der Waals surface area contributed by atoms with Crippen LogP contribution < -0.4 is 15.8 Å². The summed E-state index contributed by atoms with van der Waals surface area (Å²) in [5, 5.41) is 8.02. The number of aryl methyl sites for hydroxylation is 1. The quantitative estimate of drug-likeness (QED) is 0.858. The number of aromatic nitrogens is 4. The van der Waals surface area contributed by atoms with Gasteiger partial charge in [-0.1, -0.05) is 13.8 Å². The minimum Gasteiger partial charge on any atom is -0.350 e. The Bertz CT molecular complexity index is 750. The Labute approximate surface area is 148 Å². The fourth-order valence-electron chi connectivity index (χ4n) is 3.27. The molecule has 0 unspecified atom stereocenters. The van der Waals surface area contributed by atoms with E-state index in [0.29, 0.717) is 17.8 Å². The first-order chi connectivity index (χ1) is 12.0. The van der Waals surface area contributed by atoms with E-state index in [-0.39, 0.29) is 5.56 Å². The minimum atomic E-state index is -0.0295. The number of hydrogen-bond acceptors (Lipinski definition) is 5. The van der Waals surface area contributed by atoms with Gasteiger partial charge in [0, 0.05) is 63.4 Å². The zero-order valence-corrected chi connectivity index (χ0v) is 15.4. The van der Waals surface area contributed by atoms with E-state index in [2.05, 4.69) is 40.3 Å². The van der Waals surface area contributed by atoms with Gasteiger partial charge in [0.1, 0.15) is 0 Å². The molecule has 0 bridgehead atoms. The molecule has 3 heterocycles. The molecule has 1 N–H and O–H groups in total. The standard InChI is InChI=1S/C18H28N6O/c1-14(2)11-24-12-15(10-21-24)9-20-16-5-4-7-23(13-16)17-18(25)22(3)8-6-19-17/h6,8,10,12,14,16,20H,4-5,7,9,11,13H2,1-3H3/t16-/m0/s1. The van der Waals surface area contributed by atoms with E-state index in [0.717, 1.165) is 39.0 Å². The van der Waals surface area contributed by atoms with E-state index in [1.807, 2.05) is 10.9 Å². The van der Waals surface area contributed by atoms with Gasteiger partial charge in [-0.05, 0) is 18.8 Å². The van der Waals surface area contributed by atoms with E-state index in [1.165, 1.54) is 5.56 Å². The molecule has 0 spiro atoms. The van der Waals surface area contributed by atoms with Crippen LogP contribution in [0, 0.1) is 5.92 Å². The molecule has 0 aromatic carbocycles. The maximum Gasteiger partial charge on any atom is 0.293 e. The molecule has 1 fully saturated rings. The molecule has 1 atom stereocenters. The highest BCUT2D eigenvalue weighted by Gasteiger charge is 2.22. The predicted octanol–water partition coefficient (Wildman–Crippen LogP) is 1.39. The number of nitrogens with zero attached hydrogens (tertiary/aromatic N) is 5. The molecule has 2 aromatic heterocycles. The molecule has 1 aliphatic heterocycles. The van der Waals surface area contributed by atoms with Gasteiger partial charge in [-0.3, -0.25) is 9.48 Å². The molecule has 7 heteroatoms. The summed E-state index contributed by atoms with van der Waals surface area (Å²) in [6.07, 6.45) is 9.61. The van der Waals surface area contributed by atoms with Gasteiger partial charge in [-0.15, -0.1) is 0 Å². The van der Waals surface area contributed by atoms with Gasteiger partial charge in [-0.25, -0.2) is 4.98 Å². The molecule has 1 aliphatic rings. The van der Waals surface area contributed by atoms with Crippen molar-refractivity contribution in [3.8, 4) is 0 Å². The van der Waals surface area contributed by atoms with Crippen molar-refractivity contribution in [2.24, 2.45) is 13.0 Å². The largest absolute Gasteiger partial charge is 0.350 e. The fourth-order valence-corrected chi connectivity index (χ4v) is 3.27. The van der Waals surface area contributed by atoms with Crippen molar-refractivity contribution in [1.82, 2.24) is 24.6 Å². The average Bonchev–Trinajstić information content (AvgIpc) is 3.02. The van der Waals surface area contributed by atoms with Crippen LogP contribution in [0.2, 0.25) is 0 Å². The lowest BCUT2D eigenvalue weighted by Gasteiger charge is -2.33. The van der Waals surface area contributed by atoms with Crippen LogP contribution in [0.3, 0.4) is 0 Å². The Balaban J connectivity index is 1.58. The zero-order valence-electron chi connectivity index (χ0n) is 15.4. The van der Waals surface area contributed by atoms with Crippen molar-refractivity contribution >= 4 is 5.82 Å². The minimum absolute atomic E-state index is 0.0295. The van der Waals surface area contributed by atoms with Crippen LogP contribution in [-0.4, -0.2) is 38.5 Å². The third-order valence-corrected chi connectivity index (χ3v) is 4.55. The Kier molecular flexibility index (Phi) is 5.53.